The maximum atomic E-state index is 5.29. The van der Waals surface area contributed by atoms with E-state index in [0.717, 1.165) is 11.3 Å². The van der Waals surface area contributed by atoms with Crippen molar-refractivity contribution < 1.29 is 0 Å². The third kappa shape index (κ3) is 4.14. The molecule has 1 rings (SSSR count). The number of nitrogens with zero attached hydrogens (tertiary/aromatic N) is 3. The van der Waals surface area contributed by atoms with E-state index >= 15 is 0 Å². The Morgan fingerprint density at radius 2 is 1.93 bits per heavy atom. The molecule has 0 unspecified atom stereocenters. The average molecular weight is 268 g/mol. The van der Waals surface area contributed by atoms with Crippen LogP contribution in [0, 0.1) is 0 Å². The molecule has 1 aromatic carbocycles. The van der Waals surface area contributed by atoms with Gasteiger partial charge in [-0.3, -0.25) is 0 Å². The van der Waals surface area contributed by atoms with Crippen LogP contribution in [0.5, 0.6) is 0 Å². The molecule has 0 amide bonds. The first-order chi connectivity index (χ1) is 7.09. The summed E-state index contributed by atoms with van der Waals surface area (Å²) < 4.78 is 0.330. The van der Waals surface area contributed by atoms with Crippen molar-refractivity contribution in [1.29, 1.82) is 0 Å². The van der Waals surface area contributed by atoms with Crippen LogP contribution in [-0.2, 0) is 0 Å². The van der Waals surface area contributed by atoms with Crippen LogP contribution in [-0.4, -0.2) is 41.1 Å². The summed E-state index contributed by atoms with van der Waals surface area (Å²) in [5.41, 5.74) is 7.44. The van der Waals surface area contributed by atoms with Gasteiger partial charge in [0.15, 0.2) is 0 Å². The van der Waals surface area contributed by atoms with Gasteiger partial charge in [0.25, 0.3) is 0 Å². The van der Waals surface area contributed by atoms with Gasteiger partial charge in [-0.05, 0) is 0 Å². The Kier molecular flexibility index (Phi) is 4.34. The van der Waals surface area contributed by atoms with Crippen molar-refractivity contribution in [1.82, 2.24) is 0 Å². The predicted octanol–water partition coefficient (Wildman–Crippen LogP) is 0.570. The van der Waals surface area contributed by atoms with Gasteiger partial charge in [-0.25, -0.2) is 0 Å². The van der Waals surface area contributed by atoms with Gasteiger partial charge < -0.3 is 0 Å². The molecule has 0 aromatic heterocycles. The van der Waals surface area contributed by atoms with Crippen LogP contribution in [0.2, 0.25) is 0 Å². The Morgan fingerprint density at radius 1 is 1.33 bits per heavy atom. The predicted molar refractivity (Wildman–Crippen MR) is 65.7 cm³/mol. The van der Waals surface area contributed by atoms with Gasteiger partial charge in [0.2, 0.25) is 0 Å². The number of anilines is 1. The van der Waals surface area contributed by atoms with Crippen molar-refractivity contribution in [2.24, 2.45) is 15.9 Å². The van der Waals surface area contributed by atoms with Crippen molar-refractivity contribution in [2.75, 3.05) is 19.0 Å². The molecule has 0 saturated carbocycles. The summed E-state index contributed by atoms with van der Waals surface area (Å²) in [4.78, 5) is 2.04. The fraction of sp³-hybridized carbons (Fsp3) is 0.200. The first-order valence-electron chi connectivity index (χ1n) is 4.40. The second-order valence-electron chi connectivity index (χ2n) is 3.17. The summed E-state index contributed by atoms with van der Waals surface area (Å²) in [5.74, 6) is 0. The number of hydrogen-bond donors (Lipinski definition) is 1. The van der Waals surface area contributed by atoms with E-state index in [-0.39, 0.29) is 0 Å². The van der Waals surface area contributed by atoms with Crippen LogP contribution >= 0.6 is 0 Å². The summed E-state index contributed by atoms with van der Waals surface area (Å²) in [6.07, 6.45) is 1.66. The Balaban J connectivity index is 2.73. The minimum atomic E-state index is 0.330. The SMILES string of the molecule is CN(C)c1ccc(/C=N/N=C(\N)[Se])cc1. The van der Waals surface area contributed by atoms with Gasteiger partial charge in [-0.15, -0.1) is 0 Å². The molecular weight excluding hydrogens is 255 g/mol. The van der Waals surface area contributed by atoms with Crippen molar-refractivity contribution >= 4 is 32.6 Å². The van der Waals surface area contributed by atoms with E-state index in [0.29, 0.717) is 4.73 Å². The van der Waals surface area contributed by atoms with E-state index in [9.17, 15) is 0 Å². The van der Waals surface area contributed by atoms with Crippen LogP contribution in [0.25, 0.3) is 0 Å². The second kappa shape index (κ2) is 5.53. The molecule has 0 saturated heterocycles. The van der Waals surface area contributed by atoms with Crippen LogP contribution in [0.15, 0.2) is 34.5 Å². The number of nitrogens with two attached hydrogens (primary N) is 1. The third-order valence-electron chi connectivity index (χ3n) is 1.77. The van der Waals surface area contributed by atoms with Crippen molar-refractivity contribution in [3.05, 3.63) is 29.8 Å². The third-order valence-corrected chi connectivity index (χ3v) is 1.94. The molecule has 4 nitrogen and oxygen atoms in total. The quantitative estimate of drug-likeness (QED) is 0.377. The van der Waals surface area contributed by atoms with Gasteiger partial charge in [0.1, 0.15) is 0 Å². The van der Waals surface area contributed by atoms with Crippen LogP contribution < -0.4 is 10.6 Å². The first-order valence-corrected chi connectivity index (χ1v) is 5.26. The summed E-state index contributed by atoms with van der Waals surface area (Å²) in [6, 6.07) is 7.99. The van der Waals surface area contributed by atoms with Gasteiger partial charge >= 0.3 is 97.4 Å². The molecule has 0 heterocycles. The fourth-order valence-electron chi connectivity index (χ4n) is 1.01. The molecule has 5 heteroatoms. The Bertz CT molecular complexity index is 364. The normalized spacial score (nSPS) is 12.0. The molecule has 1 radical (unpaired) electrons. The topological polar surface area (TPSA) is 54.0 Å². The van der Waals surface area contributed by atoms with Crippen LogP contribution in [0.4, 0.5) is 5.69 Å². The Morgan fingerprint density at radius 3 is 2.40 bits per heavy atom. The molecule has 15 heavy (non-hydrogen) atoms. The van der Waals surface area contributed by atoms with Gasteiger partial charge in [0, 0.05) is 0 Å². The van der Waals surface area contributed by atoms with Gasteiger partial charge in [0.05, 0.1) is 0 Å². The molecule has 0 fully saturated rings. The van der Waals surface area contributed by atoms with Crippen molar-refractivity contribution in [3.8, 4) is 0 Å². The van der Waals surface area contributed by atoms with Crippen molar-refractivity contribution in [2.45, 2.75) is 0 Å². The van der Waals surface area contributed by atoms with Gasteiger partial charge in [-0.1, -0.05) is 0 Å². The maximum absolute atomic E-state index is 5.29. The number of rotatable bonds is 3. The zero-order chi connectivity index (χ0) is 11.3. The standard InChI is InChI=1S/C10H13N4Se/c1-14(2)9-5-3-8(4-6-9)7-12-13-10(11)15/h3-7H,1-2H3,(H2,11,13)/b12-7+. The van der Waals surface area contributed by atoms with E-state index in [1.807, 2.05) is 43.3 Å². The van der Waals surface area contributed by atoms with Gasteiger partial charge in [-0.2, -0.15) is 0 Å². The molecule has 0 bridgehead atoms. The summed E-state index contributed by atoms with van der Waals surface area (Å²) >= 11 is 2.56. The van der Waals surface area contributed by atoms with E-state index in [1.54, 1.807) is 6.21 Å². The molecular formula is C10H13N4Se. The molecule has 1 aromatic rings. The second-order valence-corrected chi connectivity index (χ2v) is 4.05. The fourth-order valence-corrected chi connectivity index (χ4v) is 1.11. The van der Waals surface area contributed by atoms with E-state index in [2.05, 4.69) is 26.2 Å². The summed E-state index contributed by atoms with van der Waals surface area (Å²) in [7, 11) is 4.00. The average Bonchev–Trinajstić information content (AvgIpc) is 2.18. The number of benzene rings is 1. The molecule has 0 aliphatic carbocycles. The Labute approximate surface area is 97.7 Å². The Hall–Kier alpha value is -1.32. The van der Waals surface area contributed by atoms with Crippen molar-refractivity contribution in [3.63, 3.8) is 0 Å². The van der Waals surface area contributed by atoms with E-state index in [4.69, 9.17) is 5.73 Å². The zero-order valence-electron chi connectivity index (χ0n) is 8.71. The zero-order valence-corrected chi connectivity index (χ0v) is 10.4. The van der Waals surface area contributed by atoms with E-state index in [1.165, 1.54) is 0 Å². The molecule has 0 aliphatic rings. The van der Waals surface area contributed by atoms with E-state index < -0.39 is 0 Å². The molecule has 79 valence electrons. The minimum absolute atomic E-state index is 0.330. The number of amidine groups is 1. The monoisotopic (exact) mass is 269 g/mol. The molecule has 0 aliphatic heterocycles. The number of hydrogen-bond acceptors (Lipinski definition) is 3. The van der Waals surface area contributed by atoms with Crippen LogP contribution in [0.3, 0.4) is 0 Å². The molecule has 0 atom stereocenters. The van der Waals surface area contributed by atoms with Crippen LogP contribution in [0.1, 0.15) is 5.56 Å². The molecule has 2 N–H and O–H groups in total. The summed E-state index contributed by atoms with van der Waals surface area (Å²) in [5, 5.41) is 7.48. The first kappa shape index (κ1) is 11.8. The summed E-state index contributed by atoms with van der Waals surface area (Å²) in [6.45, 7) is 0. The molecule has 0 spiro atoms.